The molecular weight excluding hydrogens is 244 g/mol. The van der Waals surface area contributed by atoms with Crippen LogP contribution in [0.15, 0.2) is 27.4 Å². The van der Waals surface area contributed by atoms with Crippen molar-refractivity contribution >= 4 is 17.0 Å². The average molecular weight is 262 g/mol. The summed E-state index contributed by atoms with van der Waals surface area (Å²) in [4.78, 5) is 25.2. The number of hydrogen-bond acceptors (Lipinski definition) is 3. The van der Waals surface area contributed by atoms with Crippen molar-refractivity contribution in [1.29, 1.82) is 0 Å². The van der Waals surface area contributed by atoms with Crippen molar-refractivity contribution in [3.8, 4) is 0 Å². The van der Waals surface area contributed by atoms with Crippen LogP contribution >= 0.6 is 0 Å². The third-order valence-corrected chi connectivity index (χ3v) is 3.33. The van der Waals surface area contributed by atoms with Gasteiger partial charge in [0.25, 0.3) is 0 Å². The Hall–Kier alpha value is -2.04. The summed E-state index contributed by atoms with van der Waals surface area (Å²) in [7, 11) is 1.66. The van der Waals surface area contributed by atoms with E-state index in [-0.39, 0.29) is 11.7 Å². The molecule has 1 heterocycles. The van der Waals surface area contributed by atoms with E-state index in [0.717, 1.165) is 11.1 Å². The van der Waals surface area contributed by atoms with Gasteiger partial charge in [-0.1, -0.05) is 6.07 Å². The fourth-order valence-electron chi connectivity index (χ4n) is 2.14. The van der Waals surface area contributed by atoms with Crippen molar-refractivity contribution < 1.29 is 9.21 Å². The Bertz CT molecular complexity index is 650. The number of aromatic nitrogens is 1. The fourth-order valence-corrected chi connectivity index (χ4v) is 2.14. The maximum absolute atomic E-state index is 12.0. The van der Waals surface area contributed by atoms with E-state index < -0.39 is 0 Å². The Labute approximate surface area is 111 Å². The Kier molecular flexibility index (Phi) is 3.74. The molecule has 0 bridgehead atoms. The molecule has 0 unspecified atom stereocenters. The number of aryl methyl sites for hydroxylation is 1. The molecule has 0 aliphatic rings. The van der Waals surface area contributed by atoms with Crippen LogP contribution in [-0.4, -0.2) is 28.5 Å². The number of oxazole rings is 1. The molecule has 0 N–H and O–H groups in total. The van der Waals surface area contributed by atoms with E-state index >= 15 is 0 Å². The smallest absolute Gasteiger partial charge is 0.408 e. The van der Waals surface area contributed by atoms with Gasteiger partial charge in [-0.15, -0.1) is 0 Å². The zero-order valence-electron chi connectivity index (χ0n) is 11.5. The highest BCUT2D eigenvalue weighted by Crippen LogP contribution is 2.15. The van der Waals surface area contributed by atoms with Gasteiger partial charge in [-0.05, 0) is 31.5 Å². The summed E-state index contributed by atoms with van der Waals surface area (Å²) in [5.74, 6) is -0.292. The van der Waals surface area contributed by atoms with Crippen LogP contribution in [0.3, 0.4) is 0 Å². The molecule has 0 fully saturated rings. The second kappa shape index (κ2) is 5.30. The van der Waals surface area contributed by atoms with Crippen molar-refractivity contribution in [3.63, 3.8) is 0 Å². The van der Waals surface area contributed by atoms with Crippen LogP contribution in [0.4, 0.5) is 0 Å². The molecule has 1 aromatic heterocycles. The molecule has 102 valence electrons. The minimum Gasteiger partial charge on any atom is -0.408 e. The normalized spacial score (nSPS) is 10.9. The van der Waals surface area contributed by atoms with E-state index in [9.17, 15) is 9.59 Å². The quantitative estimate of drug-likeness (QED) is 0.840. The Morgan fingerprint density at radius 2 is 2.00 bits per heavy atom. The van der Waals surface area contributed by atoms with E-state index in [1.54, 1.807) is 18.0 Å². The zero-order valence-corrected chi connectivity index (χ0v) is 11.5. The SMILES string of the molecule is CCN(CC)C(=O)Cc1ccc2oc(=O)n(C)c2c1. The summed E-state index contributed by atoms with van der Waals surface area (Å²) < 4.78 is 6.51. The van der Waals surface area contributed by atoms with Gasteiger partial charge in [-0.2, -0.15) is 0 Å². The summed E-state index contributed by atoms with van der Waals surface area (Å²) in [5.41, 5.74) is 2.15. The van der Waals surface area contributed by atoms with Gasteiger partial charge in [-0.25, -0.2) is 4.79 Å². The van der Waals surface area contributed by atoms with Crippen molar-refractivity contribution in [1.82, 2.24) is 9.47 Å². The van der Waals surface area contributed by atoms with E-state index in [0.29, 0.717) is 25.1 Å². The zero-order chi connectivity index (χ0) is 14.0. The molecule has 1 aromatic carbocycles. The molecule has 0 atom stereocenters. The monoisotopic (exact) mass is 262 g/mol. The first kappa shape index (κ1) is 13.4. The van der Waals surface area contributed by atoms with Crippen LogP contribution in [0.5, 0.6) is 0 Å². The predicted octanol–water partition coefficient (Wildman–Crippen LogP) is 1.54. The van der Waals surface area contributed by atoms with Gasteiger partial charge < -0.3 is 9.32 Å². The third kappa shape index (κ3) is 2.54. The maximum Gasteiger partial charge on any atom is 0.419 e. The topological polar surface area (TPSA) is 55.5 Å². The first-order chi connectivity index (χ1) is 9.06. The number of fused-ring (bicyclic) bond motifs is 1. The van der Waals surface area contributed by atoms with E-state index in [2.05, 4.69) is 0 Å². The number of likely N-dealkylation sites (N-methyl/N-ethyl adjacent to an activating group) is 1. The summed E-state index contributed by atoms with van der Waals surface area (Å²) in [6, 6.07) is 5.40. The number of rotatable bonds is 4. The van der Waals surface area contributed by atoms with Crippen LogP contribution in [0.25, 0.3) is 11.1 Å². The molecule has 0 spiro atoms. The second-order valence-electron chi connectivity index (χ2n) is 4.47. The summed E-state index contributed by atoms with van der Waals surface area (Å²) >= 11 is 0. The van der Waals surface area contributed by atoms with Gasteiger partial charge in [0.1, 0.15) is 0 Å². The second-order valence-corrected chi connectivity index (χ2v) is 4.47. The van der Waals surface area contributed by atoms with Crippen LogP contribution < -0.4 is 5.76 Å². The minimum absolute atomic E-state index is 0.0952. The molecule has 0 aliphatic heterocycles. The lowest BCUT2D eigenvalue weighted by atomic mass is 10.1. The lowest BCUT2D eigenvalue weighted by Crippen LogP contribution is -2.31. The highest BCUT2D eigenvalue weighted by Gasteiger charge is 2.12. The molecule has 2 rings (SSSR count). The van der Waals surface area contributed by atoms with E-state index in [4.69, 9.17) is 4.42 Å². The van der Waals surface area contributed by atoms with Crippen LogP contribution in [0, 0.1) is 0 Å². The molecule has 0 aliphatic carbocycles. The minimum atomic E-state index is -0.387. The predicted molar refractivity (Wildman–Crippen MR) is 73.1 cm³/mol. The third-order valence-electron chi connectivity index (χ3n) is 3.33. The number of hydrogen-bond donors (Lipinski definition) is 0. The number of nitrogens with zero attached hydrogens (tertiary/aromatic N) is 2. The van der Waals surface area contributed by atoms with E-state index in [1.807, 2.05) is 26.0 Å². The van der Waals surface area contributed by atoms with E-state index in [1.165, 1.54) is 4.57 Å². The van der Waals surface area contributed by atoms with Crippen LogP contribution in [0.2, 0.25) is 0 Å². The molecule has 0 radical (unpaired) electrons. The lowest BCUT2D eigenvalue weighted by molar-refractivity contribution is -0.130. The van der Waals surface area contributed by atoms with Gasteiger partial charge in [0.05, 0.1) is 11.9 Å². The van der Waals surface area contributed by atoms with Gasteiger partial charge in [0, 0.05) is 20.1 Å². The molecule has 0 saturated carbocycles. The van der Waals surface area contributed by atoms with Crippen molar-refractivity contribution in [2.45, 2.75) is 20.3 Å². The highest BCUT2D eigenvalue weighted by molar-refractivity contribution is 5.81. The van der Waals surface area contributed by atoms with Gasteiger partial charge >= 0.3 is 5.76 Å². The summed E-state index contributed by atoms with van der Waals surface area (Å²) in [5, 5.41) is 0. The van der Waals surface area contributed by atoms with Gasteiger partial charge in [0.15, 0.2) is 5.58 Å². The average Bonchev–Trinajstić information content (AvgIpc) is 2.67. The molecule has 5 nitrogen and oxygen atoms in total. The molecular formula is C14H18N2O3. The Morgan fingerprint density at radius 1 is 1.32 bits per heavy atom. The summed E-state index contributed by atoms with van der Waals surface area (Å²) in [6.45, 7) is 5.35. The number of amides is 1. The van der Waals surface area contributed by atoms with Crippen molar-refractivity contribution in [2.75, 3.05) is 13.1 Å². The highest BCUT2D eigenvalue weighted by atomic mass is 16.4. The number of benzene rings is 1. The largest absolute Gasteiger partial charge is 0.419 e. The first-order valence-electron chi connectivity index (χ1n) is 6.43. The molecule has 0 saturated heterocycles. The molecule has 19 heavy (non-hydrogen) atoms. The Balaban J connectivity index is 2.29. The summed E-state index contributed by atoms with van der Waals surface area (Å²) in [6.07, 6.45) is 0.344. The van der Waals surface area contributed by atoms with Crippen LogP contribution in [0.1, 0.15) is 19.4 Å². The molecule has 2 aromatic rings. The van der Waals surface area contributed by atoms with Gasteiger partial charge in [0.2, 0.25) is 5.91 Å². The van der Waals surface area contributed by atoms with Crippen molar-refractivity contribution in [3.05, 3.63) is 34.3 Å². The maximum atomic E-state index is 12.0. The number of carbonyl (C=O) groups is 1. The lowest BCUT2D eigenvalue weighted by Gasteiger charge is -2.18. The van der Waals surface area contributed by atoms with Gasteiger partial charge in [-0.3, -0.25) is 9.36 Å². The first-order valence-corrected chi connectivity index (χ1v) is 6.43. The Morgan fingerprint density at radius 3 is 2.63 bits per heavy atom. The van der Waals surface area contributed by atoms with Crippen LogP contribution in [-0.2, 0) is 18.3 Å². The van der Waals surface area contributed by atoms with Crippen molar-refractivity contribution in [2.24, 2.45) is 7.05 Å². The molecule has 5 heteroatoms. The standard InChI is InChI=1S/C14H18N2O3/c1-4-16(5-2)13(17)9-10-6-7-12-11(8-10)15(3)14(18)19-12/h6-8H,4-5,9H2,1-3H3. The number of carbonyl (C=O) groups excluding carboxylic acids is 1. The molecule has 1 amide bonds. The fraction of sp³-hybridized carbons (Fsp3) is 0.429.